The van der Waals surface area contributed by atoms with E-state index in [1.807, 2.05) is 0 Å². The number of rotatable bonds is 4. The van der Waals surface area contributed by atoms with Crippen LogP contribution in [-0.4, -0.2) is 17.0 Å². The molecule has 2 heteroatoms. The molecule has 0 spiro atoms. The second kappa shape index (κ2) is 8.15. The molecule has 0 unspecified atom stereocenters. The molecule has 3 saturated carbocycles. The Bertz CT molecular complexity index is 253. The van der Waals surface area contributed by atoms with Crippen molar-refractivity contribution in [2.45, 2.75) is 119 Å². The zero-order valence-electron chi connectivity index (χ0n) is 14.2. The average molecular weight is 355 g/mol. The summed E-state index contributed by atoms with van der Waals surface area (Å²) >= 11 is 2.26. The van der Waals surface area contributed by atoms with Gasteiger partial charge in [0.05, 0.1) is 0 Å². The van der Waals surface area contributed by atoms with Gasteiger partial charge in [0, 0.05) is 0 Å². The molecular weight excluding hydrogens is 318 g/mol. The van der Waals surface area contributed by atoms with Crippen LogP contribution in [0.25, 0.3) is 0 Å². The van der Waals surface area contributed by atoms with Gasteiger partial charge in [-0.2, -0.15) is 0 Å². The monoisotopic (exact) mass is 354 g/mol. The van der Waals surface area contributed by atoms with Crippen molar-refractivity contribution in [1.29, 1.82) is 0 Å². The molecule has 0 nitrogen and oxygen atoms in total. The van der Waals surface area contributed by atoms with Gasteiger partial charge >= 0.3 is 139 Å². The predicted octanol–water partition coefficient (Wildman–Crippen LogP) is 6.78. The van der Waals surface area contributed by atoms with Crippen molar-refractivity contribution in [2.75, 3.05) is 0 Å². The van der Waals surface area contributed by atoms with Crippen LogP contribution in [-0.2, 0) is 14.0 Å². The molecule has 3 rings (SSSR count). The molecule has 0 aromatic heterocycles. The Kier molecular flexibility index (Phi) is 6.51. The summed E-state index contributed by atoms with van der Waals surface area (Å²) in [6, 6.07) is -1.13. The summed E-state index contributed by atoms with van der Waals surface area (Å²) in [5, 5.41) is 0. The van der Waals surface area contributed by atoms with E-state index in [-0.39, 0.29) is 0 Å². The van der Waals surface area contributed by atoms with Crippen molar-refractivity contribution in [3.05, 3.63) is 0 Å². The van der Waals surface area contributed by atoms with Gasteiger partial charge in [-0.1, -0.05) is 0 Å². The molecule has 0 saturated heterocycles. The first-order valence-electron chi connectivity index (χ1n) is 9.79. The van der Waals surface area contributed by atoms with Crippen LogP contribution in [0.2, 0.25) is 5.89 Å². The van der Waals surface area contributed by atoms with Crippen LogP contribution in [0, 0.1) is 0 Å². The van der Waals surface area contributed by atoms with E-state index in [9.17, 15) is 0 Å². The summed E-state index contributed by atoms with van der Waals surface area (Å²) in [5.41, 5.74) is 3.59. The van der Waals surface area contributed by atoms with Crippen LogP contribution in [0.1, 0.15) is 96.3 Å². The van der Waals surface area contributed by atoms with Gasteiger partial charge in [0.15, 0.2) is 0 Å². The van der Waals surface area contributed by atoms with Gasteiger partial charge in [-0.25, -0.2) is 0 Å². The third-order valence-electron chi connectivity index (χ3n) is 6.89. The van der Waals surface area contributed by atoms with Crippen LogP contribution < -0.4 is 0 Å². The molecule has 0 bridgehead atoms. The van der Waals surface area contributed by atoms with Crippen LogP contribution in [0.4, 0.5) is 0 Å². The van der Waals surface area contributed by atoms with Crippen LogP contribution in [0.15, 0.2) is 0 Å². The predicted molar refractivity (Wildman–Crippen MR) is 94.8 cm³/mol. The standard InChI is InChI=1S/C18H33P.CH3.Ni/c1-4-10-16(11-5-1)19(17-12-6-2-7-13-17)18-14-8-3-9-15-18;;/h16-18H,1-15H2;1H3;/q;;-1/p+1. The fourth-order valence-corrected chi connectivity index (χ4v) is 18.7. The van der Waals surface area contributed by atoms with E-state index in [1.54, 1.807) is 77.0 Å². The number of hydrogen-bond acceptors (Lipinski definition) is 0. The Labute approximate surface area is 139 Å². The minimum atomic E-state index is -1.13. The Morgan fingerprint density at radius 1 is 0.524 bits per heavy atom. The zero-order valence-corrected chi connectivity index (χ0v) is 16.1. The maximum atomic E-state index is 2.57. The molecule has 0 aliphatic heterocycles. The van der Waals surface area contributed by atoms with Gasteiger partial charge in [0.25, 0.3) is 0 Å². The molecule has 0 heterocycles. The van der Waals surface area contributed by atoms with Crippen molar-refractivity contribution in [3.8, 4) is 0 Å². The molecule has 3 aliphatic carbocycles. The minimum absolute atomic E-state index is 1.13. The Balaban J connectivity index is 1.85. The van der Waals surface area contributed by atoms with Gasteiger partial charge in [0.1, 0.15) is 0 Å². The van der Waals surface area contributed by atoms with Crippen LogP contribution in [0.5, 0.6) is 0 Å². The average Bonchev–Trinajstić information content (AvgIpc) is 2.59. The van der Waals surface area contributed by atoms with Gasteiger partial charge in [0.2, 0.25) is 0 Å². The SMILES string of the molecule is [CH3][Ni][PH](C1CCCCC1)(C1CCCCC1)C1CCCCC1. The topological polar surface area (TPSA) is 0 Å². The van der Waals surface area contributed by atoms with Gasteiger partial charge in [-0.05, 0) is 0 Å². The summed E-state index contributed by atoms with van der Waals surface area (Å²) in [7, 11) is 0. The Morgan fingerprint density at radius 3 is 1.05 bits per heavy atom. The molecule has 0 aromatic rings. The van der Waals surface area contributed by atoms with Crippen molar-refractivity contribution in [1.82, 2.24) is 0 Å². The number of hydrogen-bond donors (Lipinski definition) is 0. The molecule has 0 atom stereocenters. The van der Waals surface area contributed by atoms with Crippen molar-refractivity contribution in [2.24, 2.45) is 0 Å². The van der Waals surface area contributed by atoms with Gasteiger partial charge in [-0.15, -0.1) is 0 Å². The van der Waals surface area contributed by atoms with E-state index >= 15 is 0 Å². The second-order valence-electron chi connectivity index (χ2n) is 7.94. The first-order valence-corrected chi connectivity index (χ1v) is 14.3. The van der Waals surface area contributed by atoms with Crippen molar-refractivity contribution in [3.63, 3.8) is 0 Å². The van der Waals surface area contributed by atoms with E-state index in [4.69, 9.17) is 0 Å². The molecule has 0 radical (unpaired) electrons. The molecule has 21 heavy (non-hydrogen) atoms. The third kappa shape index (κ3) is 3.55. The second-order valence-corrected chi connectivity index (χ2v) is 16.3. The summed E-state index contributed by atoms with van der Waals surface area (Å²) in [6.07, 6.45) is 23.7. The fraction of sp³-hybridized carbons (Fsp3) is 1.00. The molecule has 0 aromatic carbocycles. The maximum absolute atomic E-state index is 2.57. The molecule has 0 N–H and O–H groups in total. The quantitative estimate of drug-likeness (QED) is 0.385. The van der Waals surface area contributed by atoms with E-state index < -0.39 is 6.04 Å². The van der Waals surface area contributed by atoms with E-state index in [0.717, 1.165) is 0 Å². The van der Waals surface area contributed by atoms with Gasteiger partial charge < -0.3 is 0 Å². The van der Waals surface area contributed by atoms with Crippen LogP contribution >= 0.6 is 6.04 Å². The molecule has 3 aliphatic rings. The first-order chi connectivity index (χ1) is 10.4. The van der Waals surface area contributed by atoms with Crippen molar-refractivity contribution < 1.29 is 14.0 Å². The van der Waals surface area contributed by atoms with E-state index in [2.05, 4.69) is 19.9 Å². The summed E-state index contributed by atoms with van der Waals surface area (Å²) in [5.74, 6) is 2.57. The van der Waals surface area contributed by atoms with E-state index in [1.165, 1.54) is 36.2 Å². The molecule has 3 fully saturated rings. The zero-order chi connectivity index (χ0) is 14.5. The Morgan fingerprint density at radius 2 is 0.810 bits per heavy atom. The van der Waals surface area contributed by atoms with E-state index in [0.29, 0.717) is 0 Å². The summed E-state index contributed by atoms with van der Waals surface area (Å²) in [6.45, 7) is 0. The fourth-order valence-electron chi connectivity index (χ4n) is 5.97. The third-order valence-corrected chi connectivity index (χ3v) is 19.0. The molecular formula is C19H37NiP. The Hall–Kier alpha value is 0.924. The molecule has 0 amide bonds. The van der Waals surface area contributed by atoms with Crippen LogP contribution in [0.3, 0.4) is 0 Å². The molecule has 128 valence electrons. The van der Waals surface area contributed by atoms with Crippen molar-refractivity contribution >= 4 is 6.04 Å². The first kappa shape index (κ1) is 16.8. The van der Waals surface area contributed by atoms with Gasteiger partial charge in [-0.3, -0.25) is 0 Å². The summed E-state index contributed by atoms with van der Waals surface area (Å²) < 4.78 is 0. The normalized spacial score (nSPS) is 28.8. The summed E-state index contributed by atoms with van der Waals surface area (Å²) in [4.78, 5) is 0.